The third kappa shape index (κ3) is 2.26. The Morgan fingerprint density at radius 2 is 2.25 bits per heavy atom. The number of ether oxygens (including phenoxy) is 2. The van der Waals surface area contributed by atoms with E-state index in [0.717, 1.165) is 0 Å². The number of carbonyl (C=O) groups is 1. The number of benzene rings is 1. The van der Waals surface area contributed by atoms with Gasteiger partial charge in [0.2, 0.25) is 0 Å². The molecule has 1 rings (SSSR count). The second-order valence-corrected chi connectivity index (χ2v) is 3.21. The molecule has 0 aliphatic heterocycles. The Labute approximate surface area is 98.3 Å². The van der Waals surface area contributed by atoms with E-state index in [1.54, 1.807) is 6.92 Å². The Bertz CT molecular complexity index is 451. The molecule has 0 N–H and O–H groups in total. The van der Waals surface area contributed by atoms with Crippen LogP contribution in [0.2, 0.25) is 5.02 Å². The van der Waals surface area contributed by atoms with E-state index >= 15 is 0 Å². The smallest absolute Gasteiger partial charge is 0.339 e. The van der Waals surface area contributed by atoms with Gasteiger partial charge in [-0.05, 0) is 19.1 Å². The molecular weight excluding hydrogens is 230 g/mol. The van der Waals surface area contributed by atoms with Gasteiger partial charge < -0.3 is 9.47 Å². The minimum atomic E-state index is -0.566. The number of nitrogens with zero attached hydrogens (tertiary/aromatic N) is 1. The summed E-state index contributed by atoms with van der Waals surface area (Å²) in [6.07, 6.45) is 0. The molecule has 0 aliphatic rings. The first kappa shape index (κ1) is 12.3. The van der Waals surface area contributed by atoms with E-state index in [9.17, 15) is 4.79 Å². The van der Waals surface area contributed by atoms with Gasteiger partial charge in [0, 0.05) is 0 Å². The summed E-state index contributed by atoms with van der Waals surface area (Å²) in [6, 6.07) is 4.85. The molecular formula is C11H10ClNO3. The molecule has 1 aromatic rings. The SMILES string of the molecule is CCOC(=O)c1ccc(OC)c(Cl)c1C#N. The number of carbonyl (C=O) groups excluding carboxylic acids is 1. The zero-order chi connectivity index (χ0) is 12.1. The number of hydrogen-bond donors (Lipinski definition) is 0. The zero-order valence-electron chi connectivity index (χ0n) is 8.91. The molecule has 5 heteroatoms. The average molecular weight is 240 g/mol. The van der Waals surface area contributed by atoms with Crippen LogP contribution in [-0.4, -0.2) is 19.7 Å². The molecule has 84 valence electrons. The van der Waals surface area contributed by atoms with Gasteiger partial charge in [0.25, 0.3) is 0 Å². The van der Waals surface area contributed by atoms with Crippen LogP contribution in [0, 0.1) is 11.3 Å². The zero-order valence-corrected chi connectivity index (χ0v) is 9.67. The Kier molecular flexibility index (Phi) is 4.15. The first-order chi connectivity index (χ1) is 7.65. The first-order valence-electron chi connectivity index (χ1n) is 4.59. The lowest BCUT2D eigenvalue weighted by molar-refractivity contribution is 0.0526. The molecule has 0 fully saturated rings. The van der Waals surface area contributed by atoms with Crippen LogP contribution < -0.4 is 4.74 Å². The van der Waals surface area contributed by atoms with E-state index in [1.165, 1.54) is 19.2 Å². The highest BCUT2D eigenvalue weighted by Crippen LogP contribution is 2.30. The van der Waals surface area contributed by atoms with Gasteiger partial charge >= 0.3 is 5.97 Å². The maximum absolute atomic E-state index is 11.5. The fourth-order valence-electron chi connectivity index (χ4n) is 1.20. The molecule has 4 nitrogen and oxygen atoms in total. The number of halogens is 1. The maximum Gasteiger partial charge on any atom is 0.339 e. The van der Waals surface area contributed by atoms with E-state index in [-0.39, 0.29) is 22.8 Å². The summed E-state index contributed by atoms with van der Waals surface area (Å²) >= 11 is 5.90. The van der Waals surface area contributed by atoms with Gasteiger partial charge in [-0.25, -0.2) is 4.79 Å². The van der Waals surface area contributed by atoms with E-state index in [1.807, 2.05) is 6.07 Å². The number of nitriles is 1. The van der Waals surface area contributed by atoms with E-state index < -0.39 is 5.97 Å². The molecule has 0 aliphatic carbocycles. The predicted molar refractivity (Wildman–Crippen MR) is 58.7 cm³/mol. The van der Waals surface area contributed by atoms with Crippen LogP contribution in [0.25, 0.3) is 0 Å². The molecule has 0 radical (unpaired) electrons. The molecule has 0 atom stereocenters. The summed E-state index contributed by atoms with van der Waals surface area (Å²) in [7, 11) is 1.44. The highest BCUT2D eigenvalue weighted by molar-refractivity contribution is 6.33. The normalized spacial score (nSPS) is 9.38. The summed E-state index contributed by atoms with van der Waals surface area (Å²) in [5.74, 6) is -0.213. The molecule has 0 spiro atoms. The standard InChI is InChI=1S/C11H10ClNO3/c1-3-16-11(14)7-4-5-9(15-2)10(12)8(7)6-13/h4-5H,3H2,1-2H3. The first-order valence-corrected chi connectivity index (χ1v) is 4.97. The van der Waals surface area contributed by atoms with E-state index in [4.69, 9.17) is 26.3 Å². The lowest BCUT2D eigenvalue weighted by Gasteiger charge is -2.08. The quantitative estimate of drug-likeness (QED) is 0.760. The molecule has 1 aromatic carbocycles. The summed E-state index contributed by atoms with van der Waals surface area (Å²) in [5.41, 5.74) is 0.217. The molecule has 16 heavy (non-hydrogen) atoms. The summed E-state index contributed by atoms with van der Waals surface area (Å²) in [4.78, 5) is 11.5. The minimum Gasteiger partial charge on any atom is -0.495 e. The summed E-state index contributed by atoms with van der Waals surface area (Å²) in [5, 5.41) is 9.06. The molecule has 0 amide bonds. The third-order valence-electron chi connectivity index (χ3n) is 1.93. The minimum absolute atomic E-state index is 0.0690. The molecule has 0 bridgehead atoms. The Balaban J connectivity index is 3.27. The van der Waals surface area contributed by atoms with Crippen molar-refractivity contribution in [3.05, 3.63) is 28.3 Å². The molecule has 0 heterocycles. The second kappa shape index (κ2) is 5.38. The van der Waals surface area contributed by atoms with Crippen molar-refractivity contribution in [2.75, 3.05) is 13.7 Å². The molecule has 0 saturated heterocycles. The summed E-state index contributed by atoms with van der Waals surface area (Å²) in [6.45, 7) is 1.93. The van der Waals surface area contributed by atoms with Gasteiger partial charge in [-0.2, -0.15) is 5.26 Å². The van der Waals surface area contributed by atoms with Crippen LogP contribution in [0.15, 0.2) is 12.1 Å². The second-order valence-electron chi connectivity index (χ2n) is 2.84. The number of esters is 1. The Morgan fingerprint density at radius 1 is 1.56 bits per heavy atom. The Hall–Kier alpha value is -1.73. The monoisotopic (exact) mass is 239 g/mol. The van der Waals surface area contributed by atoms with Crippen LogP contribution in [0.4, 0.5) is 0 Å². The van der Waals surface area contributed by atoms with Gasteiger partial charge in [-0.3, -0.25) is 0 Å². The van der Waals surface area contributed by atoms with Crippen molar-refractivity contribution in [3.8, 4) is 11.8 Å². The van der Waals surface area contributed by atoms with Crippen molar-refractivity contribution < 1.29 is 14.3 Å². The number of rotatable bonds is 3. The van der Waals surface area contributed by atoms with Gasteiger partial charge in [-0.1, -0.05) is 11.6 Å². The maximum atomic E-state index is 11.5. The van der Waals surface area contributed by atoms with Crippen molar-refractivity contribution in [1.82, 2.24) is 0 Å². The number of methoxy groups -OCH3 is 1. The van der Waals surface area contributed by atoms with Crippen molar-refractivity contribution in [2.45, 2.75) is 6.92 Å². The summed E-state index contributed by atoms with van der Waals surface area (Å²) < 4.78 is 9.76. The van der Waals surface area contributed by atoms with Gasteiger partial charge in [0.05, 0.1) is 24.8 Å². The van der Waals surface area contributed by atoms with Crippen molar-refractivity contribution in [3.63, 3.8) is 0 Å². The highest BCUT2D eigenvalue weighted by Gasteiger charge is 2.18. The van der Waals surface area contributed by atoms with Gasteiger partial charge in [0.15, 0.2) is 0 Å². The highest BCUT2D eigenvalue weighted by atomic mass is 35.5. The molecule has 0 aromatic heterocycles. The van der Waals surface area contributed by atoms with Crippen LogP contribution in [0.5, 0.6) is 5.75 Å². The molecule has 0 unspecified atom stereocenters. The van der Waals surface area contributed by atoms with E-state index in [2.05, 4.69) is 0 Å². The largest absolute Gasteiger partial charge is 0.495 e. The third-order valence-corrected chi connectivity index (χ3v) is 2.31. The van der Waals surface area contributed by atoms with Crippen molar-refractivity contribution in [2.24, 2.45) is 0 Å². The topological polar surface area (TPSA) is 59.3 Å². The lowest BCUT2D eigenvalue weighted by Crippen LogP contribution is -2.07. The molecule has 0 saturated carbocycles. The fourth-order valence-corrected chi connectivity index (χ4v) is 1.49. The van der Waals surface area contributed by atoms with Crippen LogP contribution in [-0.2, 0) is 4.74 Å². The van der Waals surface area contributed by atoms with Crippen LogP contribution >= 0.6 is 11.6 Å². The van der Waals surface area contributed by atoms with Crippen molar-refractivity contribution >= 4 is 17.6 Å². The Morgan fingerprint density at radius 3 is 2.75 bits per heavy atom. The van der Waals surface area contributed by atoms with Crippen LogP contribution in [0.1, 0.15) is 22.8 Å². The fraction of sp³-hybridized carbons (Fsp3) is 0.273. The van der Waals surface area contributed by atoms with Crippen molar-refractivity contribution in [1.29, 1.82) is 5.26 Å². The van der Waals surface area contributed by atoms with Gasteiger partial charge in [0.1, 0.15) is 16.8 Å². The predicted octanol–water partition coefficient (Wildman–Crippen LogP) is 2.40. The van der Waals surface area contributed by atoms with E-state index in [0.29, 0.717) is 5.75 Å². The lowest BCUT2D eigenvalue weighted by atomic mass is 10.1. The average Bonchev–Trinajstić information content (AvgIpc) is 2.28. The van der Waals surface area contributed by atoms with Crippen LogP contribution in [0.3, 0.4) is 0 Å². The number of hydrogen-bond acceptors (Lipinski definition) is 4. The van der Waals surface area contributed by atoms with Gasteiger partial charge in [-0.15, -0.1) is 0 Å².